The van der Waals surface area contributed by atoms with E-state index in [1.165, 1.54) is 19.2 Å². The van der Waals surface area contributed by atoms with Crippen LogP contribution in [0.1, 0.15) is 30.1 Å². The summed E-state index contributed by atoms with van der Waals surface area (Å²) in [6.07, 6.45) is 0.290. The topological polar surface area (TPSA) is 75.6 Å². The number of carboxylic acids is 1. The van der Waals surface area contributed by atoms with E-state index >= 15 is 0 Å². The molecule has 0 aromatic heterocycles. The smallest absolute Gasteiger partial charge is 0.303 e. The Bertz CT molecular complexity index is 476. The van der Waals surface area contributed by atoms with Crippen molar-refractivity contribution in [1.29, 1.82) is 0 Å². The molecule has 0 saturated carbocycles. The second-order valence-electron chi connectivity index (χ2n) is 4.16. The predicted molar refractivity (Wildman–Crippen MR) is 66.8 cm³/mol. The summed E-state index contributed by atoms with van der Waals surface area (Å²) in [5.74, 6) is -1.92. The minimum atomic E-state index is -0.920. The van der Waals surface area contributed by atoms with Gasteiger partial charge in [-0.3, -0.25) is 9.59 Å². The van der Waals surface area contributed by atoms with Gasteiger partial charge in [0.05, 0.1) is 7.11 Å². The lowest BCUT2D eigenvalue weighted by Gasteiger charge is -2.13. The number of methoxy groups -OCH3 is 1. The molecule has 0 aliphatic carbocycles. The van der Waals surface area contributed by atoms with Crippen molar-refractivity contribution in [1.82, 2.24) is 5.32 Å². The molecule has 1 rings (SSSR count). The zero-order valence-electron chi connectivity index (χ0n) is 10.8. The van der Waals surface area contributed by atoms with Gasteiger partial charge in [0.2, 0.25) is 0 Å². The largest absolute Gasteiger partial charge is 0.494 e. The molecule has 0 fully saturated rings. The zero-order valence-corrected chi connectivity index (χ0v) is 10.8. The molecule has 19 heavy (non-hydrogen) atoms. The van der Waals surface area contributed by atoms with E-state index < -0.39 is 17.7 Å². The van der Waals surface area contributed by atoms with E-state index in [0.717, 1.165) is 6.07 Å². The highest BCUT2D eigenvalue weighted by Gasteiger charge is 2.13. The minimum absolute atomic E-state index is 0.0293. The molecule has 0 aliphatic heterocycles. The van der Waals surface area contributed by atoms with Crippen LogP contribution in [0.15, 0.2) is 18.2 Å². The molecule has 0 saturated heterocycles. The first-order chi connectivity index (χ1) is 8.93. The number of carbonyl (C=O) groups excluding carboxylic acids is 1. The highest BCUT2D eigenvalue weighted by molar-refractivity contribution is 5.94. The molecule has 5 nitrogen and oxygen atoms in total. The Morgan fingerprint density at radius 1 is 1.47 bits per heavy atom. The van der Waals surface area contributed by atoms with Crippen molar-refractivity contribution in [2.75, 3.05) is 7.11 Å². The summed E-state index contributed by atoms with van der Waals surface area (Å²) in [5, 5.41) is 11.1. The van der Waals surface area contributed by atoms with Crippen molar-refractivity contribution in [2.45, 2.75) is 25.8 Å². The first kappa shape index (κ1) is 14.9. The fourth-order valence-corrected chi connectivity index (χ4v) is 1.53. The van der Waals surface area contributed by atoms with Gasteiger partial charge in [0.15, 0.2) is 11.6 Å². The fraction of sp³-hybridized carbons (Fsp3) is 0.385. The van der Waals surface area contributed by atoms with Gasteiger partial charge in [0.1, 0.15) is 0 Å². The zero-order chi connectivity index (χ0) is 14.4. The molecule has 1 aromatic rings. The maximum Gasteiger partial charge on any atom is 0.303 e. The first-order valence-corrected chi connectivity index (χ1v) is 5.80. The number of nitrogens with one attached hydrogen (secondary N) is 1. The number of rotatable bonds is 6. The van der Waals surface area contributed by atoms with Crippen LogP contribution in [0.4, 0.5) is 4.39 Å². The Hall–Kier alpha value is -2.11. The van der Waals surface area contributed by atoms with Crippen molar-refractivity contribution in [3.8, 4) is 5.75 Å². The van der Waals surface area contributed by atoms with Crippen molar-refractivity contribution in [2.24, 2.45) is 0 Å². The summed E-state index contributed by atoms with van der Waals surface area (Å²) in [5.41, 5.74) is 0.167. The van der Waals surface area contributed by atoms with Crippen LogP contribution in [0.3, 0.4) is 0 Å². The highest BCUT2D eigenvalue weighted by atomic mass is 19.1. The van der Waals surface area contributed by atoms with Gasteiger partial charge in [-0.1, -0.05) is 0 Å². The number of ether oxygens (including phenoxy) is 1. The van der Waals surface area contributed by atoms with Gasteiger partial charge in [-0.05, 0) is 31.5 Å². The third-order valence-electron chi connectivity index (χ3n) is 2.58. The summed E-state index contributed by atoms with van der Waals surface area (Å²) in [6, 6.07) is 3.60. The van der Waals surface area contributed by atoms with Crippen LogP contribution in [0.25, 0.3) is 0 Å². The Morgan fingerprint density at radius 3 is 2.68 bits per heavy atom. The summed E-state index contributed by atoms with van der Waals surface area (Å²) in [6.45, 7) is 1.70. The molecular weight excluding hydrogens is 253 g/mol. The number of hydrogen-bond acceptors (Lipinski definition) is 3. The molecule has 1 unspecified atom stereocenters. The van der Waals surface area contributed by atoms with E-state index in [9.17, 15) is 14.0 Å². The first-order valence-electron chi connectivity index (χ1n) is 5.80. The van der Waals surface area contributed by atoms with E-state index in [0.29, 0.717) is 6.42 Å². The lowest BCUT2D eigenvalue weighted by atomic mass is 10.1. The van der Waals surface area contributed by atoms with Crippen LogP contribution in [0, 0.1) is 5.82 Å². The van der Waals surface area contributed by atoms with Gasteiger partial charge in [0.25, 0.3) is 5.91 Å². The number of amides is 1. The number of aliphatic carboxylic acids is 1. The molecule has 104 valence electrons. The van der Waals surface area contributed by atoms with Crippen LogP contribution in [-0.4, -0.2) is 30.1 Å². The van der Waals surface area contributed by atoms with Crippen LogP contribution < -0.4 is 10.1 Å². The van der Waals surface area contributed by atoms with Crippen molar-refractivity contribution in [3.63, 3.8) is 0 Å². The maximum atomic E-state index is 13.4. The van der Waals surface area contributed by atoms with Crippen LogP contribution in [0.2, 0.25) is 0 Å². The van der Waals surface area contributed by atoms with Gasteiger partial charge < -0.3 is 15.2 Å². The van der Waals surface area contributed by atoms with Crippen molar-refractivity contribution >= 4 is 11.9 Å². The van der Waals surface area contributed by atoms with Crippen LogP contribution in [-0.2, 0) is 4.79 Å². The highest BCUT2D eigenvalue weighted by Crippen LogP contribution is 2.17. The minimum Gasteiger partial charge on any atom is -0.494 e. The van der Waals surface area contributed by atoms with Gasteiger partial charge in [-0.15, -0.1) is 0 Å². The fourth-order valence-electron chi connectivity index (χ4n) is 1.53. The summed E-state index contributed by atoms with van der Waals surface area (Å²) in [4.78, 5) is 22.2. The standard InChI is InChI=1S/C13H16FNO4/c1-8(3-6-12(16)17)15-13(18)9-4-5-11(19-2)10(14)7-9/h4-5,7-8H,3,6H2,1-2H3,(H,15,18)(H,16,17). The molecule has 1 amide bonds. The number of hydrogen-bond donors (Lipinski definition) is 2. The SMILES string of the molecule is COc1ccc(C(=O)NC(C)CCC(=O)O)cc1F. The summed E-state index contributed by atoms with van der Waals surface area (Å²) >= 11 is 0. The Kier molecular flexibility index (Phi) is 5.29. The van der Waals surface area contributed by atoms with Crippen LogP contribution in [0.5, 0.6) is 5.75 Å². The molecule has 0 spiro atoms. The molecule has 6 heteroatoms. The van der Waals surface area contributed by atoms with Crippen molar-refractivity contribution < 1.29 is 23.8 Å². The van der Waals surface area contributed by atoms with Gasteiger partial charge in [-0.25, -0.2) is 4.39 Å². The van der Waals surface area contributed by atoms with Gasteiger partial charge in [-0.2, -0.15) is 0 Å². The summed E-state index contributed by atoms with van der Waals surface area (Å²) in [7, 11) is 1.34. The van der Waals surface area contributed by atoms with Crippen LogP contribution >= 0.6 is 0 Å². The Morgan fingerprint density at radius 2 is 2.16 bits per heavy atom. The molecule has 0 aliphatic rings. The average Bonchev–Trinajstić information content (AvgIpc) is 2.36. The quantitative estimate of drug-likeness (QED) is 0.826. The average molecular weight is 269 g/mol. The molecule has 1 atom stereocenters. The molecule has 0 heterocycles. The van der Waals surface area contributed by atoms with E-state index in [2.05, 4.69) is 5.32 Å². The van der Waals surface area contributed by atoms with Gasteiger partial charge >= 0.3 is 5.97 Å². The lowest BCUT2D eigenvalue weighted by Crippen LogP contribution is -2.33. The van der Waals surface area contributed by atoms with Gasteiger partial charge in [0, 0.05) is 18.0 Å². The maximum absolute atomic E-state index is 13.4. The van der Waals surface area contributed by atoms with E-state index in [1.54, 1.807) is 6.92 Å². The second-order valence-corrected chi connectivity index (χ2v) is 4.16. The molecule has 0 bridgehead atoms. The molecule has 1 aromatic carbocycles. The van der Waals surface area contributed by atoms with Crippen molar-refractivity contribution in [3.05, 3.63) is 29.6 Å². The molecule has 0 radical (unpaired) electrons. The Balaban J connectivity index is 2.62. The normalized spacial score (nSPS) is 11.7. The number of halogens is 1. The summed E-state index contributed by atoms with van der Waals surface area (Å²) < 4.78 is 18.2. The lowest BCUT2D eigenvalue weighted by molar-refractivity contribution is -0.137. The third-order valence-corrected chi connectivity index (χ3v) is 2.58. The Labute approximate surface area is 110 Å². The third kappa shape index (κ3) is 4.57. The van der Waals surface area contributed by atoms with E-state index in [-0.39, 0.29) is 23.8 Å². The van der Waals surface area contributed by atoms with E-state index in [4.69, 9.17) is 9.84 Å². The number of carboxylic acid groups (broad SMARTS) is 1. The predicted octanol–water partition coefficient (Wildman–Crippen LogP) is 1.82. The van der Waals surface area contributed by atoms with E-state index in [1.807, 2.05) is 0 Å². The number of carbonyl (C=O) groups is 2. The second kappa shape index (κ2) is 6.72. The number of benzene rings is 1. The monoisotopic (exact) mass is 269 g/mol. The molecular formula is C13H16FNO4. The molecule has 2 N–H and O–H groups in total.